The van der Waals surface area contributed by atoms with Crippen molar-refractivity contribution >= 4 is 13.8 Å². The first kappa shape index (κ1) is 52.2. The topological polar surface area (TPSA) is 132 Å². The second kappa shape index (κ2) is 40.9. The summed E-state index contributed by atoms with van der Waals surface area (Å²) in [7, 11) is -4.51. The van der Waals surface area contributed by atoms with Crippen LogP contribution in [-0.4, -0.2) is 66.3 Å². The SMILES string of the molecule is CCCCCCCCC/C=C\CCCCCCCC(=O)O[C@H](COCCCCCCCCCCCCCCCCCC)COP(=O)(O)OC[C@@H](O)CO. The number of carbonyl (C=O) groups excluding carboxylic acids is 1. The molecule has 3 N–H and O–H groups in total. The van der Waals surface area contributed by atoms with Gasteiger partial charge in [0, 0.05) is 13.0 Å². The lowest BCUT2D eigenvalue weighted by molar-refractivity contribution is -0.154. The van der Waals surface area contributed by atoms with Gasteiger partial charge in [-0.1, -0.05) is 180 Å². The van der Waals surface area contributed by atoms with E-state index in [-0.39, 0.29) is 25.6 Å². The largest absolute Gasteiger partial charge is 0.472 e. The fourth-order valence-electron chi connectivity index (χ4n) is 6.29. The van der Waals surface area contributed by atoms with Gasteiger partial charge < -0.3 is 24.6 Å². The fourth-order valence-corrected chi connectivity index (χ4v) is 7.08. The zero-order valence-electron chi connectivity index (χ0n) is 34.5. The molecule has 0 bridgehead atoms. The molecule has 0 amide bonds. The summed E-state index contributed by atoms with van der Waals surface area (Å²) in [6.45, 7) is 3.55. The van der Waals surface area contributed by atoms with E-state index in [9.17, 15) is 19.4 Å². The first-order valence-electron chi connectivity index (χ1n) is 22.2. The highest BCUT2D eigenvalue weighted by Crippen LogP contribution is 2.43. The first-order valence-corrected chi connectivity index (χ1v) is 23.7. The van der Waals surface area contributed by atoms with Gasteiger partial charge in [-0.15, -0.1) is 0 Å². The van der Waals surface area contributed by atoms with Crippen LogP contribution in [0.25, 0.3) is 0 Å². The number of phosphoric acid groups is 1. The van der Waals surface area contributed by atoms with Crippen LogP contribution in [0, 0.1) is 0 Å². The van der Waals surface area contributed by atoms with E-state index in [4.69, 9.17) is 23.6 Å². The summed E-state index contributed by atoms with van der Waals surface area (Å²) < 4.78 is 33.4. The highest BCUT2D eigenvalue weighted by Gasteiger charge is 2.26. The van der Waals surface area contributed by atoms with Crippen LogP contribution in [-0.2, 0) is 27.9 Å². The Hall–Kier alpha value is -0.800. The molecular formula is C43H85O9P. The Balaban J connectivity index is 4.14. The number of rotatable bonds is 43. The summed E-state index contributed by atoms with van der Waals surface area (Å²) in [6.07, 6.45) is 40.2. The van der Waals surface area contributed by atoms with Gasteiger partial charge in [-0.25, -0.2) is 4.57 Å². The molecule has 9 nitrogen and oxygen atoms in total. The summed E-state index contributed by atoms with van der Waals surface area (Å²) in [5, 5.41) is 18.3. The van der Waals surface area contributed by atoms with Crippen LogP contribution in [0.15, 0.2) is 12.2 Å². The van der Waals surface area contributed by atoms with Crippen molar-refractivity contribution < 1.29 is 43.0 Å². The van der Waals surface area contributed by atoms with Crippen LogP contribution < -0.4 is 0 Å². The molecule has 0 rings (SSSR count). The molecule has 0 fully saturated rings. The van der Waals surface area contributed by atoms with E-state index < -0.39 is 33.2 Å². The van der Waals surface area contributed by atoms with E-state index >= 15 is 0 Å². The van der Waals surface area contributed by atoms with Crippen molar-refractivity contribution in [1.29, 1.82) is 0 Å². The third-order valence-corrected chi connectivity index (χ3v) is 10.7. The van der Waals surface area contributed by atoms with Crippen LogP contribution in [0.1, 0.15) is 213 Å². The van der Waals surface area contributed by atoms with Crippen LogP contribution in [0.5, 0.6) is 0 Å². The number of unbranched alkanes of at least 4 members (excludes halogenated alkanes) is 27. The van der Waals surface area contributed by atoms with E-state index in [1.54, 1.807) is 0 Å². The maximum Gasteiger partial charge on any atom is 0.472 e. The number of phosphoric ester groups is 1. The molecule has 53 heavy (non-hydrogen) atoms. The predicted molar refractivity (Wildman–Crippen MR) is 219 cm³/mol. The standard InChI is InChI=1S/C43H85O9P/c1-3-5-7-9-11-13-15-17-19-21-23-25-27-29-31-33-35-43(46)52-42(40-51-53(47,48)50-38-41(45)37-44)39-49-36-34-32-30-28-26-24-22-20-18-16-14-12-10-8-6-4-2/h19,21,41-42,44-45H,3-18,20,22-40H2,1-2H3,(H,47,48)/b21-19-/t41-,42+/m0/s1. The molecule has 1 unspecified atom stereocenters. The van der Waals surface area contributed by atoms with Gasteiger partial charge in [-0.05, 0) is 38.5 Å². The summed E-state index contributed by atoms with van der Waals surface area (Å²) in [4.78, 5) is 22.6. The molecule has 0 aromatic heterocycles. The zero-order chi connectivity index (χ0) is 38.9. The lowest BCUT2D eigenvalue weighted by Crippen LogP contribution is -2.29. The Kier molecular flexibility index (Phi) is 40.2. The summed E-state index contributed by atoms with van der Waals surface area (Å²) >= 11 is 0. The quantitative estimate of drug-likeness (QED) is 0.0240. The normalized spacial score (nSPS) is 14.1. The molecule has 316 valence electrons. The molecule has 0 saturated heterocycles. The number of allylic oxidation sites excluding steroid dienone is 2. The first-order chi connectivity index (χ1) is 25.8. The fraction of sp³-hybridized carbons (Fsp3) is 0.930. The van der Waals surface area contributed by atoms with E-state index in [0.717, 1.165) is 51.4 Å². The van der Waals surface area contributed by atoms with Crippen LogP contribution in [0.3, 0.4) is 0 Å². The average Bonchev–Trinajstić information content (AvgIpc) is 3.15. The Morgan fingerprint density at radius 1 is 0.566 bits per heavy atom. The van der Waals surface area contributed by atoms with Gasteiger partial charge in [0.2, 0.25) is 0 Å². The summed E-state index contributed by atoms with van der Waals surface area (Å²) in [6, 6.07) is 0. The second-order valence-electron chi connectivity index (χ2n) is 15.1. The maximum atomic E-state index is 12.6. The Labute approximate surface area is 326 Å². The van der Waals surface area contributed by atoms with Crippen LogP contribution >= 0.6 is 7.82 Å². The van der Waals surface area contributed by atoms with Crippen molar-refractivity contribution in [3.05, 3.63) is 12.2 Å². The number of aliphatic hydroxyl groups is 2. The van der Waals surface area contributed by atoms with Gasteiger partial charge in [0.05, 0.1) is 26.4 Å². The molecule has 3 atom stereocenters. The second-order valence-corrected chi connectivity index (χ2v) is 16.5. The lowest BCUT2D eigenvalue weighted by atomic mass is 10.0. The van der Waals surface area contributed by atoms with Gasteiger partial charge in [-0.2, -0.15) is 0 Å². The van der Waals surface area contributed by atoms with E-state index in [1.807, 2.05) is 0 Å². The average molecular weight is 777 g/mol. The number of ether oxygens (including phenoxy) is 2. The van der Waals surface area contributed by atoms with E-state index in [0.29, 0.717) is 6.61 Å². The predicted octanol–water partition coefficient (Wildman–Crippen LogP) is 12.1. The molecular weight excluding hydrogens is 691 g/mol. The summed E-state index contributed by atoms with van der Waals surface area (Å²) in [5.74, 6) is -0.387. The minimum Gasteiger partial charge on any atom is -0.457 e. The molecule has 0 saturated carbocycles. The Morgan fingerprint density at radius 3 is 1.42 bits per heavy atom. The molecule has 0 heterocycles. The molecule has 0 radical (unpaired) electrons. The molecule has 0 aliphatic heterocycles. The minimum absolute atomic E-state index is 0.0518. The minimum atomic E-state index is -4.51. The monoisotopic (exact) mass is 777 g/mol. The molecule has 10 heteroatoms. The van der Waals surface area contributed by atoms with Gasteiger partial charge >= 0.3 is 13.8 Å². The van der Waals surface area contributed by atoms with Crippen molar-refractivity contribution in [2.24, 2.45) is 0 Å². The third-order valence-electron chi connectivity index (χ3n) is 9.70. The van der Waals surface area contributed by atoms with E-state index in [1.165, 1.54) is 141 Å². The van der Waals surface area contributed by atoms with Crippen LogP contribution in [0.2, 0.25) is 0 Å². The highest BCUT2D eigenvalue weighted by atomic mass is 31.2. The Morgan fingerprint density at radius 2 is 0.962 bits per heavy atom. The van der Waals surface area contributed by atoms with Gasteiger partial charge in [0.15, 0.2) is 0 Å². The maximum absolute atomic E-state index is 12.6. The van der Waals surface area contributed by atoms with E-state index in [2.05, 4.69) is 26.0 Å². The van der Waals surface area contributed by atoms with Crippen molar-refractivity contribution in [3.8, 4) is 0 Å². The number of esters is 1. The van der Waals surface area contributed by atoms with Crippen molar-refractivity contribution in [1.82, 2.24) is 0 Å². The molecule has 0 aromatic carbocycles. The molecule has 0 aliphatic carbocycles. The van der Waals surface area contributed by atoms with Crippen molar-refractivity contribution in [2.45, 2.75) is 225 Å². The van der Waals surface area contributed by atoms with Crippen molar-refractivity contribution in [2.75, 3.05) is 33.0 Å². The van der Waals surface area contributed by atoms with Crippen molar-refractivity contribution in [3.63, 3.8) is 0 Å². The summed E-state index contributed by atoms with van der Waals surface area (Å²) in [5.41, 5.74) is 0. The van der Waals surface area contributed by atoms with Gasteiger partial charge in [0.1, 0.15) is 12.2 Å². The molecule has 0 aromatic rings. The molecule has 0 aliphatic rings. The van der Waals surface area contributed by atoms with Gasteiger partial charge in [-0.3, -0.25) is 13.8 Å². The molecule has 0 spiro atoms. The zero-order valence-corrected chi connectivity index (χ0v) is 35.4. The number of hydrogen-bond donors (Lipinski definition) is 3. The van der Waals surface area contributed by atoms with Crippen LogP contribution in [0.4, 0.5) is 0 Å². The highest BCUT2D eigenvalue weighted by molar-refractivity contribution is 7.47. The number of aliphatic hydroxyl groups excluding tert-OH is 2. The Bertz CT molecular complexity index is 841. The lowest BCUT2D eigenvalue weighted by Gasteiger charge is -2.20. The number of hydrogen-bond acceptors (Lipinski definition) is 8. The van der Waals surface area contributed by atoms with Gasteiger partial charge in [0.25, 0.3) is 0 Å². The number of carbonyl (C=O) groups is 1. The smallest absolute Gasteiger partial charge is 0.457 e. The third kappa shape index (κ3) is 40.7.